The van der Waals surface area contributed by atoms with Crippen molar-refractivity contribution < 1.29 is 0 Å². The van der Waals surface area contributed by atoms with Crippen LogP contribution < -0.4 is 10.6 Å². The number of nitrogens with zero attached hydrogens (tertiary/aromatic N) is 2. The van der Waals surface area contributed by atoms with Crippen LogP contribution in [-0.4, -0.2) is 24.4 Å². The minimum atomic E-state index is -0.192. The summed E-state index contributed by atoms with van der Waals surface area (Å²) in [5.74, 6) is 0. The number of nitrogens with two attached hydrogens (primary N) is 1. The maximum Gasteiger partial charge on any atom is 0.0560 e. The second kappa shape index (κ2) is 27.4. The molecule has 67 heavy (non-hydrogen) atoms. The molecule has 0 saturated heterocycles. The lowest BCUT2D eigenvalue weighted by atomic mass is 9.73. The van der Waals surface area contributed by atoms with Crippen LogP contribution in [0.5, 0.6) is 0 Å². The van der Waals surface area contributed by atoms with Crippen LogP contribution in [0.15, 0.2) is 199 Å². The third-order valence-corrected chi connectivity index (χ3v) is 12.6. The van der Waals surface area contributed by atoms with Crippen LogP contribution in [0.25, 0.3) is 23.1 Å². The van der Waals surface area contributed by atoms with Crippen molar-refractivity contribution in [2.24, 2.45) is 11.1 Å². The molecule has 0 aliphatic heterocycles. The molecule has 6 rings (SSSR count). The van der Waals surface area contributed by atoms with Gasteiger partial charge in [-0.3, -0.25) is 0 Å². The average molecular weight is 895 g/mol. The Kier molecular flexibility index (Phi) is 22.5. The van der Waals surface area contributed by atoms with Crippen LogP contribution in [0.3, 0.4) is 0 Å². The summed E-state index contributed by atoms with van der Waals surface area (Å²) in [6.07, 6.45) is 48.5. The third-order valence-electron chi connectivity index (χ3n) is 12.6. The Morgan fingerprint density at radius 3 is 2.21 bits per heavy atom. The summed E-state index contributed by atoms with van der Waals surface area (Å²) < 4.78 is 2.43. The molecule has 1 atom stereocenters. The molecule has 3 aliphatic rings. The molecule has 0 spiro atoms. The summed E-state index contributed by atoms with van der Waals surface area (Å²) in [6.45, 7) is 34.5. The van der Waals surface area contributed by atoms with Gasteiger partial charge in [0.1, 0.15) is 0 Å². The van der Waals surface area contributed by atoms with Gasteiger partial charge in [-0.25, -0.2) is 0 Å². The van der Waals surface area contributed by atoms with E-state index in [0.717, 1.165) is 60.8 Å². The summed E-state index contributed by atoms with van der Waals surface area (Å²) in [5, 5.41) is 7.43. The van der Waals surface area contributed by atoms with Gasteiger partial charge in [0, 0.05) is 64.2 Å². The molecule has 3 aromatic rings. The van der Waals surface area contributed by atoms with Crippen molar-refractivity contribution in [3.8, 4) is 0 Å². The number of likely N-dealkylation sites (N-methyl/N-ethyl adjacent to an activating group) is 1. The molecular weight excluding hydrogens is 813 g/mol. The molecule has 354 valence electrons. The molecule has 2 aromatic carbocycles. The van der Waals surface area contributed by atoms with Gasteiger partial charge in [-0.15, -0.1) is 0 Å². The predicted octanol–water partition coefficient (Wildman–Crippen LogP) is 17.4. The number of fused-ring (bicyclic) bond motifs is 1. The minimum Gasteiger partial charge on any atom is -0.344 e. The standard InChI is InChI=1S/C57H64N2.C2H6N2.2C2H6/c1-11-24-45(57(8,9)52-40-39-49(41-42(52)5)58(10)54-33-17-15-16-28-44(54)12-2)30-22-26-43-25-18-19-29-46(31-23-27-43)56(6,7)47-35-37-48(38-36-47)59-53(14-4)50(13-3)51-32-20-21-34-55(51)59;3-1-2-4;2*1-2/h11-14,16-17,20-30,32-37,39-41,48H,2-4,15,18-19,31,38H2,1,5-10H3;1,3H,2,4H2;2*1-2H3/b24-11-,26-22+,27-23-,43-25-,45-30+,46-29+;;;. The van der Waals surface area contributed by atoms with Gasteiger partial charge >= 0.3 is 0 Å². The lowest BCUT2D eigenvalue weighted by Gasteiger charge is -2.33. The zero-order valence-electron chi connectivity index (χ0n) is 43.0. The Hall–Kier alpha value is -6.23. The summed E-state index contributed by atoms with van der Waals surface area (Å²) in [7, 11) is 2.14. The molecule has 0 saturated carbocycles. The summed E-state index contributed by atoms with van der Waals surface area (Å²) in [5.41, 5.74) is 19.5. The molecule has 1 heterocycles. The number of para-hydroxylation sites is 1. The molecule has 3 aliphatic carbocycles. The number of aryl methyl sites for hydroxylation is 1. The monoisotopic (exact) mass is 895 g/mol. The van der Waals surface area contributed by atoms with Gasteiger partial charge < -0.3 is 20.6 Å². The fraction of sp³-hybridized carbons (Fsp3) is 0.317. The van der Waals surface area contributed by atoms with Gasteiger partial charge in [0.25, 0.3) is 0 Å². The largest absolute Gasteiger partial charge is 0.344 e. The van der Waals surface area contributed by atoms with Crippen molar-refractivity contribution >= 4 is 35.0 Å². The number of benzene rings is 2. The average Bonchev–Trinajstić information content (AvgIpc) is 3.57. The Bertz CT molecular complexity index is 2520. The van der Waals surface area contributed by atoms with Gasteiger partial charge in [0.2, 0.25) is 0 Å². The quantitative estimate of drug-likeness (QED) is 0.0962. The Balaban J connectivity index is 0.00000139. The highest BCUT2D eigenvalue weighted by molar-refractivity contribution is 5.94. The van der Waals surface area contributed by atoms with Crippen molar-refractivity contribution in [2.75, 3.05) is 18.5 Å². The van der Waals surface area contributed by atoms with Gasteiger partial charge in [-0.1, -0.05) is 208 Å². The lowest BCUT2D eigenvalue weighted by Crippen LogP contribution is -2.22. The topological polar surface area (TPSA) is 58.0 Å². The highest BCUT2D eigenvalue weighted by Crippen LogP contribution is 2.43. The van der Waals surface area contributed by atoms with Crippen molar-refractivity contribution in [3.05, 3.63) is 221 Å². The summed E-state index contributed by atoms with van der Waals surface area (Å²) in [6, 6.07) is 15.7. The van der Waals surface area contributed by atoms with Crippen LogP contribution in [0.1, 0.15) is 123 Å². The fourth-order valence-corrected chi connectivity index (χ4v) is 9.03. The van der Waals surface area contributed by atoms with Gasteiger partial charge in [0.05, 0.1) is 6.04 Å². The number of aromatic nitrogens is 1. The Morgan fingerprint density at radius 2 is 1.58 bits per heavy atom. The number of rotatable bonds is 14. The van der Waals surface area contributed by atoms with Crippen molar-refractivity contribution in [2.45, 2.75) is 113 Å². The van der Waals surface area contributed by atoms with Crippen LogP contribution >= 0.6 is 0 Å². The van der Waals surface area contributed by atoms with Gasteiger partial charge in [0.15, 0.2) is 0 Å². The van der Waals surface area contributed by atoms with Gasteiger partial charge in [-0.05, 0) is 110 Å². The molecule has 1 aromatic heterocycles. The van der Waals surface area contributed by atoms with Crippen LogP contribution in [0.2, 0.25) is 0 Å². The maximum absolute atomic E-state index is 6.20. The second-order valence-electron chi connectivity index (χ2n) is 17.3. The normalized spacial score (nSPS) is 18.5. The first-order valence-electron chi connectivity index (χ1n) is 24.5. The number of allylic oxidation sites excluding steroid dienone is 22. The smallest absolute Gasteiger partial charge is 0.0560 e. The predicted molar refractivity (Wildman–Crippen MR) is 301 cm³/mol. The van der Waals surface area contributed by atoms with Crippen LogP contribution in [0.4, 0.5) is 5.69 Å². The molecule has 0 fully saturated rings. The Morgan fingerprint density at radius 1 is 0.881 bits per heavy atom. The van der Waals surface area contributed by atoms with E-state index in [1.54, 1.807) is 0 Å². The maximum atomic E-state index is 6.20. The van der Waals surface area contributed by atoms with E-state index in [0.29, 0.717) is 6.54 Å². The van der Waals surface area contributed by atoms with Crippen LogP contribution in [-0.2, 0) is 5.41 Å². The Labute approximate surface area is 407 Å². The first kappa shape index (κ1) is 55.1. The molecular formula is C63H82N4. The first-order chi connectivity index (χ1) is 32.4. The number of hydrogen-bond donors (Lipinski definition) is 2. The minimum absolute atomic E-state index is 0.0740. The van der Waals surface area contributed by atoms with Crippen molar-refractivity contribution in [1.29, 1.82) is 5.41 Å². The zero-order chi connectivity index (χ0) is 49.6. The fourth-order valence-electron chi connectivity index (χ4n) is 9.03. The van der Waals surface area contributed by atoms with E-state index in [1.807, 2.05) is 45.9 Å². The number of nitrogens with one attached hydrogen (secondary N) is 1. The summed E-state index contributed by atoms with van der Waals surface area (Å²) >= 11 is 0. The van der Waals surface area contributed by atoms with E-state index >= 15 is 0 Å². The van der Waals surface area contributed by atoms with Crippen molar-refractivity contribution in [3.63, 3.8) is 0 Å². The van der Waals surface area contributed by atoms with E-state index in [1.165, 1.54) is 50.0 Å². The van der Waals surface area contributed by atoms with Crippen molar-refractivity contribution in [1.82, 2.24) is 4.57 Å². The van der Waals surface area contributed by atoms with E-state index in [2.05, 4.69) is 217 Å². The highest BCUT2D eigenvalue weighted by Gasteiger charge is 2.29. The second-order valence-corrected chi connectivity index (χ2v) is 17.3. The van der Waals surface area contributed by atoms with E-state index < -0.39 is 0 Å². The first-order valence-corrected chi connectivity index (χ1v) is 24.5. The number of anilines is 1. The summed E-state index contributed by atoms with van der Waals surface area (Å²) in [4.78, 5) is 2.26. The van der Waals surface area contributed by atoms with Crippen LogP contribution in [0, 0.1) is 17.7 Å². The van der Waals surface area contributed by atoms with Gasteiger partial charge in [-0.2, -0.15) is 0 Å². The molecule has 1 unspecified atom stereocenters. The van der Waals surface area contributed by atoms with E-state index in [9.17, 15) is 0 Å². The van der Waals surface area contributed by atoms with E-state index in [-0.39, 0.29) is 16.9 Å². The lowest BCUT2D eigenvalue weighted by molar-refractivity contribution is 0.520. The molecule has 0 bridgehead atoms. The number of hydrogen-bond acceptors (Lipinski definition) is 3. The third kappa shape index (κ3) is 13.7. The molecule has 0 amide bonds. The molecule has 4 nitrogen and oxygen atoms in total. The SMILES string of the molecule is C=CC1=C(N(C)c2ccc(C(C)(C)C(/C=C\C)=C/C=C/C3=C/CC/C=C(/C(C)(C)C4=CCC(n5c(C=C)c(C=C)c6ccccc65)C=C4)C/C=C\3)c(C)c2)C=CCC=C1.CC.CC.N=CCN. The molecule has 4 heteroatoms. The van der Waals surface area contributed by atoms with E-state index in [4.69, 9.17) is 11.1 Å². The zero-order valence-corrected chi connectivity index (χ0v) is 43.0. The highest BCUT2D eigenvalue weighted by atomic mass is 15.1. The molecule has 0 radical (unpaired) electrons. The molecule has 3 N–H and O–H groups in total.